The lowest BCUT2D eigenvalue weighted by Gasteiger charge is -2.27. The third-order valence-electron chi connectivity index (χ3n) is 5.98. The number of aromatic amines is 1. The van der Waals surface area contributed by atoms with E-state index >= 15 is 0 Å². The van der Waals surface area contributed by atoms with Gasteiger partial charge in [-0.05, 0) is 60.6 Å². The molecule has 2 atom stereocenters. The van der Waals surface area contributed by atoms with E-state index < -0.39 is 11.4 Å². The Hall–Kier alpha value is -2.15. The maximum Gasteiger partial charge on any atom is 0.251 e. The summed E-state index contributed by atoms with van der Waals surface area (Å²) in [6.07, 6.45) is 2.77. The highest BCUT2D eigenvalue weighted by Gasteiger charge is 2.62. The molecule has 144 valence electrons. The first-order valence-corrected chi connectivity index (χ1v) is 9.73. The summed E-state index contributed by atoms with van der Waals surface area (Å²) in [5.41, 5.74) is 0.880. The molecular formula is C20H16Cl2FN3O2. The number of nitrogens with zero attached hydrogens (tertiary/aromatic N) is 1. The molecule has 5 rings (SSSR count). The van der Waals surface area contributed by atoms with Crippen molar-refractivity contribution in [2.24, 2.45) is 11.8 Å². The SMILES string of the molecule is O=C(NC1C2CC(O)(c3cc(Cl)cc4[nH]ncc34)CC21)c1ccc(F)c(Cl)c1. The zero-order valence-electron chi connectivity index (χ0n) is 14.5. The fraction of sp³-hybridized carbons (Fsp3) is 0.300. The van der Waals surface area contributed by atoms with Crippen LogP contribution in [0.2, 0.25) is 10.0 Å². The molecule has 2 aromatic carbocycles. The average Bonchev–Trinajstić information content (AvgIpc) is 3.03. The van der Waals surface area contributed by atoms with Crippen LogP contribution < -0.4 is 5.32 Å². The number of carbonyl (C=O) groups excluding carboxylic acids is 1. The number of H-pyrrole nitrogens is 1. The Morgan fingerprint density at radius 2 is 2.00 bits per heavy atom. The number of fused-ring (bicyclic) bond motifs is 2. The van der Waals surface area contributed by atoms with Crippen LogP contribution in [0.1, 0.15) is 28.8 Å². The van der Waals surface area contributed by atoms with Gasteiger partial charge in [-0.15, -0.1) is 0 Å². The Kier molecular flexibility index (Phi) is 3.95. The number of aromatic nitrogens is 2. The van der Waals surface area contributed by atoms with E-state index in [9.17, 15) is 14.3 Å². The smallest absolute Gasteiger partial charge is 0.251 e. The molecule has 2 unspecified atom stereocenters. The Labute approximate surface area is 169 Å². The van der Waals surface area contributed by atoms with E-state index in [1.54, 1.807) is 18.3 Å². The van der Waals surface area contributed by atoms with Gasteiger partial charge in [0.05, 0.1) is 22.3 Å². The first-order valence-electron chi connectivity index (χ1n) is 8.97. The van der Waals surface area contributed by atoms with Gasteiger partial charge in [0.2, 0.25) is 0 Å². The van der Waals surface area contributed by atoms with Gasteiger partial charge < -0.3 is 10.4 Å². The number of rotatable bonds is 3. The Morgan fingerprint density at radius 3 is 2.71 bits per heavy atom. The standard InChI is InChI=1S/C20H16Cl2FN3O2/c21-10-4-14(13-8-24-26-17(13)5-10)20(28)6-11-12(7-20)18(11)25-19(27)9-1-2-16(23)15(22)3-9/h1-5,8,11-12,18,28H,6-7H2,(H,24,26)(H,25,27). The molecule has 3 N–H and O–H groups in total. The number of amides is 1. The van der Waals surface area contributed by atoms with Crippen LogP contribution in [-0.2, 0) is 5.60 Å². The number of hydrogen-bond acceptors (Lipinski definition) is 3. The highest BCUT2D eigenvalue weighted by atomic mass is 35.5. The molecule has 0 bridgehead atoms. The van der Waals surface area contributed by atoms with Crippen LogP contribution in [0.5, 0.6) is 0 Å². The van der Waals surface area contributed by atoms with Gasteiger partial charge in [0.15, 0.2) is 0 Å². The molecule has 0 radical (unpaired) electrons. The van der Waals surface area contributed by atoms with Crippen LogP contribution >= 0.6 is 23.2 Å². The Bertz CT molecular complexity index is 1100. The van der Waals surface area contributed by atoms with E-state index in [-0.39, 0.29) is 28.8 Å². The van der Waals surface area contributed by atoms with Gasteiger partial charge in [0.25, 0.3) is 5.91 Å². The maximum absolute atomic E-state index is 13.3. The molecule has 0 saturated heterocycles. The second-order valence-electron chi connectivity index (χ2n) is 7.68. The lowest BCUT2D eigenvalue weighted by molar-refractivity contribution is 0.0293. The van der Waals surface area contributed by atoms with Gasteiger partial charge in [0.1, 0.15) is 5.82 Å². The minimum atomic E-state index is -0.997. The first kappa shape index (κ1) is 17.9. The first-order chi connectivity index (χ1) is 13.4. The van der Waals surface area contributed by atoms with Crippen molar-refractivity contribution in [2.75, 3.05) is 0 Å². The average molecular weight is 420 g/mol. The van der Waals surface area contributed by atoms with Gasteiger partial charge in [-0.1, -0.05) is 23.2 Å². The summed E-state index contributed by atoms with van der Waals surface area (Å²) in [7, 11) is 0. The second-order valence-corrected chi connectivity index (χ2v) is 8.52. The van der Waals surface area contributed by atoms with Crippen LogP contribution in [0.3, 0.4) is 0 Å². The molecule has 3 aromatic rings. The highest BCUT2D eigenvalue weighted by Crippen LogP contribution is 2.60. The molecule has 28 heavy (non-hydrogen) atoms. The molecule has 2 aliphatic rings. The van der Waals surface area contributed by atoms with Crippen LogP contribution in [-0.4, -0.2) is 27.3 Å². The van der Waals surface area contributed by atoms with Gasteiger partial charge >= 0.3 is 0 Å². The summed E-state index contributed by atoms with van der Waals surface area (Å²) < 4.78 is 13.3. The molecule has 2 saturated carbocycles. The number of benzene rings is 2. The van der Waals surface area contributed by atoms with Gasteiger partial charge in [-0.25, -0.2) is 4.39 Å². The van der Waals surface area contributed by atoms with Crippen molar-refractivity contribution in [3.8, 4) is 0 Å². The fourth-order valence-electron chi connectivity index (χ4n) is 4.57. The summed E-state index contributed by atoms with van der Waals surface area (Å²) in [5, 5.41) is 22.5. The summed E-state index contributed by atoms with van der Waals surface area (Å²) in [5.74, 6) is -0.472. The maximum atomic E-state index is 13.3. The van der Waals surface area contributed by atoms with E-state index in [0.717, 1.165) is 16.5 Å². The number of hydrogen-bond donors (Lipinski definition) is 3. The van der Waals surface area contributed by atoms with Gasteiger partial charge in [0, 0.05) is 22.0 Å². The van der Waals surface area contributed by atoms with Crippen LogP contribution in [0.25, 0.3) is 10.9 Å². The zero-order chi connectivity index (χ0) is 19.6. The van der Waals surface area contributed by atoms with Crippen molar-refractivity contribution >= 4 is 40.0 Å². The minimum Gasteiger partial charge on any atom is -0.385 e. The van der Waals surface area contributed by atoms with Crippen molar-refractivity contribution in [1.29, 1.82) is 0 Å². The third kappa shape index (κ3) is 2.79. The van der Waals surface area contributed by atoms with Crippen molar-refractivity contribution in [2.45, 2.75) is 24.5 Å². The minimum absolute atomic E-state index is 0.00405. The number of carbonyl (C=O) groups is 1. The van der Waals surface area contributed by atoms with Crippen molar-refractivity contribution < 1.29 is 14.3 Å². The Morgan fingerprint density at radius 1 is 1.25 bits per heavy atom. The molecule has 2 aliphatic carbocycles. The molecule has 8 heteroatoms. The van der Waals surface area contributed by atoms with E-state index in [0.29, 0.717) is 23.4 Å². The Balaban J connectivity index is 1.32. The summed E-state index contributed by atoms with van der Waals surface area (Å²) >= 11 is 12.0. The zero-order valence-corrected chi connectivity index (χ0v) is 16.1. The normalized spacial score (nSPS) is 28.4. The quantitative estimate of drug-likeness (QED) is 0.599. The van der Waals surface area contributed by atoms with Crippen LogP contribution in [0, 0.1) is 17.7 Å². The molecule has 1 heterocycles. The molecular weight excluding hydrogens is 404 g/mol. The fourth-order valence-corrected chi connectivity index (χ4v) is 4.97. The predicted molar refractivity (Wildman–Crippen MR) is 104 cm³/mol. The molecule has 5 nitrogen and oxygen atoms in total. The van der Waals surface area contributed by atoms with Crippen LogP contribution in [0.4, 0.5) is 4.39 Å². The molecule has 0 aliphatic heterocycles. The molecule has 1 aromatic heterocycles. The lowest BCUT2D eigenvalue weighted by Crippen LogP contribution is -2.33. The topological polar surface area (TPSA) is 78.0 Å². The number of aliphatic hydroxyl groups is 1. The summed E-state index contributed by atoms with van der Waals surface area (Å²) in [4.78, 5) is 12.4. The van der Waals surface area contributed by atoms with E-state index in [2.05, 4.69) is 15.5 Å². The largest absolute Gasteiger partial charge is 0.385 e. The molecule has 0 spiro atoms. The summed E-state index contributed by atoms with van der Waals surface area (Å²) in [6, 6.07) is 7.48. The number of halogens is 3. The van der Waals surface area contributed by atoms with Crippen molar-refractivity contribution in [1.82, 2.24) is 15.5 Å². The monoisotopic (exact) mass is 419 g/mol. The van der Waals surface area contributed by atoms with Gasteiger partial charge in [-0.2, -0.15) is 5.10 Å². The molecule has 2 fully saturated rings. The second kappa shape index (κ2) is 6.17. The lowest BCUT2D eigenvalue weighted by atomic mass is 9.86. The summed E-state index contributed by atoms with van der Waals surface area (Å²) in [6.45, 7) is 0. The predicted octanol–water partition coefficient (Wildman–Crippen LogP) is 4.03. The molecule has 1 amide bonds. The van der Waals surface area contributed by atoms with Crippen molar-refractivity contribution in [3.05, 3.63) is 63.5 Å². The van der Waals surface area contributed by atoms with E-state index in [4.69, 9.17) is 23.2 Å². The van der Waals surface area contributed by atoms with Crippen LogP contribution in [0.15, 0.2) is 36.5 Å². The van der Waals surface area contributed by atoms with E-state index in [1.807, 2.05) is 0 Å². The third-order valence-corrected chi connectivity index (χ3v) is 6.49. The van der Waals surface area contributed by atoms with E-state index in [1.165, 1.54) is 18.2 Å². The number of nitrogens with one attached hydrogen (secondary N) is 2. The van der Waals surface area contributed by atoms with Gasteiger partial charge in [-0.3, -0.25) is 9.89 Å². The van der Waals surface area contributed by atoms with Crippen molar-refractivity contribution in [3.63, 3.8) is 0 Å². The highest BCUT2D eigenvalue weighted by molar-refractivity contribution is 6.31.